The summed E-state index contributed by atoms with van der Waals surface area (Å²) in [5.41, 5.74) is -1.76. The van der Waals surface area contributed by atoms with Gasteiger partial charge in [-0.2, -0.15) is 17.6 Å². The highest BCUT2D eigenvalue weighted by atomic mass is 19.3. The van der Waals surface area contributed by atoms with E-state index < -0.39 is 41.1 Å². The van der Waals surface area contributed by atoms with Gasteiger partial charge >= 0.3 is 12.0 Å². The van der Waals surface area contributed by atoms with Crippen molar-refractivity contribution in [2.45, 2.75) is 5.92 Å². The molecule has 0 unspecified atom stereocenters. The van der Waals surface area contributed by atoms with Crippen LogP contribution in [-0.2, 0) is 0 Å². The molecule has 0 aromatic heterocycles. The van der Waals surface area contributed by atoms with Crippen LogP contribution in [-0.4, -0.2) is 5.92 Å². The van der Waals surface area contributed by atoms with E-state index in [0.717, 1.165) is 0 Å². The first-order valence-electron chi connectivity index (χ1n) is 3.15. The monoisotopic (exact) mass is 218 g/mol. The molecule has 0 aliphatic heterocycles. The van der Waals surface area contributed by atoms with E-state index in [4.69, 9.17) is 0 Å². The van der Waals surface area contributed by atoms with Crippen LogP contribution in [0, 0.1) is 0 Å². The molecule has 0 amide bonds. The van der Waals surface area contributed by atoms with Crippen LogP contribution >= 0.6 is 0 Å². The van der Waals surface area contributed by atoms with Gasteiger partial charge in [-0.1, -0.05) is 0 Å². The van der Waals surface area contributed by atoms with Crippen molar-refractivity contribution in [2.75, 3.05) is 0 Å². The van der Waals surface area contributed by atoms with Crippen LogP contribution < -0.4 is 0 Å². The molecule has 0 radical (unpaired) electrons. The second kappa shape index (κ2) is 3.14. The number of hydrogen-bond acceptors (Lipinski definition) is 0. The number of allylic oxidation sites excluding steroid dienone is 5. The topological polar surface area (TPSA) is 0 Å². The van der Waals surface area contributed by atoms with Gasteiger partial charge in [0.1, 0.15) is 0 Å². The van der Waals surface area contributed by atoms with Crippen LogP contribution in [0.15, 0.2) is 35.2 Å². The zero-order chi connectivity index (χ0) is 11.1. The highest BCUT2D eigenvalue weighted by molar-refractivity contribution is 5.50. The molecule has 14 heavy (non-hydrogen) atoms. The Hall–Kier alpha value is -1.27. The van der Waals surface area contributed by atoms with Gasteiger partial charge in [-0.25, -0.2) is 13.2 Å². The normalized spacial score (nSPS) is 19.8. The van der Waals surface area contributed by atoms with Crippen molar-refractivity contribution in [3.05, 3.63) is 35.2 Å². The maximum Gasteiger partial charge on any atom is 0.321 e. The first-order valence-corrected chi connectivity index (χ1v) is 3.15. The molecule has 1 aliphatic rings. The average Bonchev–Trinajstić information content (AvgIpc) is 2.28. The third-order valence-corrected chi connectivity index (χ3v) is 1.45. The summed E-state index contributed by atoms with van der Waals surface area (Å²) in [5, 5.41) is 0. The van der Waals surface area contributed by atoms with Crippen molar-refractivity contribution in [3.8, 4) is 0 Å². The number of alkyl halides is 2. The lowest BCUT2D eigenvalue weighted by molar-refractivity contribution is 0.0718. The SMILES string of the molecule is FC(F)=C(F)C1=CC(F)(F)C(F)=C1F. The Bertz CT molecular complexity index is 356. The molecule has 0 saturated carbocycles. The predicted molar refractivity (Wildman–Crippen MR) is 32.6 cm³/mol. The summed E-state index contributed by atoms with van der Waals surface area (Å²) in [7, 11) is 0. The largest absolute Gasteiger partial charge is 0.321 e. The van der Waals surface area contributed by atoms with Crippen molar-refractivity contribution in [2.24, 2.45) is 0 Å². The van der Waals surface area contributed by atoms with E-state index in [-0.39, 0.29) is 0 Å². The smallest absolute Gasteiger partial charge is 0.203 e. The molecule has 0 aromatic rings. The van der Waals surface area contributed by atoms with Gasteiger partial charge in [0, 0.05) is 6.08 Å². The maximum atomic E-state index is 12.4. The molecule has 0 N–H and O–H groups in total. The van der Waals surface area contributed by atoms with Gasteiger partial charge in [0.05, 0.1) is 5.57 Å². The summed E-state index contributed by atoms with van der Waals surface area (Å²) >= 11 is 0. The molecule has 0 spiro atoms. The molecule has 0 saturated heterocycles. The second-order valence-corrected chi connectivity index (χ2v) is 2.38. The Labute approximate surface area is 73.0 Å². The Morgan fingerprint density at radius 2 is 1.57 bits per heavy atom. The van der Waals surface area contributed by atoms with Gasteiger partial charge in [-0.05, 0) is 0 Å². The quantitative estimate of drug-likeness (QED) is 0.587. The van der Waals surface area contributed by atoms with Crippen LogP contribution in [0.25, 0.3) is 0 Å². The second-order valence-electron chi connectivity index (χ2n) is 2.38. The highest BCUT2D eigenvalue weighted by Gasteiger charge is 2.44. The van der Waals surface area contributed by atoms with Crippen LogP contribution in [0.2, 0.25) is 0 Å². The van der Waals surface area contributed by atoms with Crippen molar-refractivity contribution >= 4 is 0 Å². The van der Waals surface area contributed by atoms with Gasteiger partial charge in [-0.3, -0.25) is 0 Å². The number of hydrogen-bond donors (Lipinski definition) is 0. The first kappa shape index (κ1) is 10.8. The molecule has 1 rings (SSSR count). The minimum atomic E-state index is -4.37. The lowest BCUT2D eigenvalue weighted by Gasteiger charge is -2.01. The van der Waals surface area contributed by atoms with Crippen molar-refractivity contribution in [1.29, 1.82) is 0 Å². The summed E-state index contributed by atoms with van der Waals surface area (Å²) in [6.07, 6.45) is -3.52. The molecule has 0 atom stereocenters. The van der Waals surface area contributed by atoms with E-state index >= 15 is 0 Å². The third-order valence-electron chi connectivity index (χ3n) is 1.45. The van der Waals surface area contributed by atoms with Crippen molar-refractivity contribution in [1.82, 2.24) is 0 Å². The van der Waals surface area contributed by atoms with Crippen LogP contribution in [0.1, 0.15) is 0 Å². The first-order chi connectivity index (χ1) is 6.27. The van der Waals surface area contributed by atoms with Gasteiger partial charge in [0.25, 0.3) is 0 Å². The van der Waals surface area contributed by atoms with E-state index in [1.165, 1.54) is 0 Å². The van der Waals surface area contributed by atoms with E-state index in [9.17, 15) is 30.7 Å². The minimum absolute atomic E-state index is 0.536. The van der Waals surface area contributed by atoms with Gasteiger partial charge in [0.15, 0.2) is 11.7 Å². The summed E-state index contributed by atoms with van der Waals surface area (Å²) in [6.45, 7) is 0. The fourth-order valence-electron chi connectivity index (χ4n) is 0.834. The Balaban J connectivity index is 3.26. The Kier molecular flexibility index (Phi) is 2.43. The highest BCUT2D eigenvalue weighted by Crippen LogP contribution is 2.43. The van der Waals surface area contributed by atoms with Crippen LogP contribution in [0.5, 0.6) is 0 Å². The summed E-state index contributed by atoms with van der Waals surface area (Å²) in [5.74, 6) is -11.7. The fourth-order valence-corrected chi connectivity index (χ4v) is 0.834. The fraction of sp³-hybridized carbons (Fsp3) is 0.143. The number of rotatable bonds is 1. The van der Waals surface area contributed by atoms with Crippen LogP contribution in [0.4, 0.5) is 30.7 Å². The van der Waals surface area contributed by atoms with Crippen LogP contribution in [0.3, 0.4) is 0 Å². The molecular formula is C7HF7. The average molecular weight is 218 g/mol. The molecule has 0 bridgehead atoms. The van der Waals surface area contributed by atoms with E-state index in [1.807, 2.05) is 0 Å². The van der Waals surface area contributed by atoms with Gasteiger partial charge in [0.2, 0.25) is 5.83 Å². The molecule has 0 nitrogen and oxygen atoms in total. The molecule has 7 heteroatoms. The molecule has 1 aliphatic carbocycles. The van der Waals surface area contributed by atoms with Gasteiger partial charge < -0.3 is 0 Å². The summed E-state index contributed by atoms with van der Waals surface area (Å²) in [6, 6.07) is 0. The third kappa shape index (κ3) is 1.53. The molecular weight excluding hydrogens is 217 g/mol. The standard InChI is InChI=1S/C7HF7/c8-3-2(4(9)6(11)12)1-7(13,14)5(3)10/h1H. The van der Waals surface area contributed by atoms with Crippen molar-refractivity contribution in [3.63, 3.8) is 0 Å². The summed E-state index contributed by atoms with van der Waals surface area (Å²) in [4.78, 5) is 0. The van der Waals surface area contributed by atoms with Gasteiger partial charge in [-0.15, -0.1) is 0 Å². The lowest BCUT2D eigenvalue weighted by atomic mass is 10.2. The zero-order valence-corrected chi connectivity index (χ0v) is 6.22. The maximum absolute atomic E-state index is 12.4. The molecule has 0 fully saturated rings. The minimum Gasteiger partial charge on any atom is -0.203 e. The zero-order valence-electron chi connectivity index (χ0n) is 6.22. The molecule has 0 heterocycles. The predicted octanol–water partition coefficient (Wildman–Crippen LogP) is 3.79. The summed E-state index contributed by atoms with van der Waals surface area (Å²) < 4.78 is 84.6. The van der Waals surface area contributed by atoms with Crippen molar-refractivity contribution < 1.29 is 30.7 Å². The van der Waals surface area contributed by atoms with E-state index in [1.54, 1.807) is 0 Å². The lowest BCUT2D eigenvalue weighted by Crippen LogP contribution is -2.09. The van der Waals surface area contributed by atoms with E-state index in [2.05, 4.69) is 0 Å². The number of halogens is 7. The Morgan fingerprint density at radius 1 is 1.07 bits per heavy atom. The Morgan fingerprint density at radius 3 is 1.86 bits per heavy atom. The molecule has 0 aromatic carbocycles. The molecule has 78 valence electrons. The van der Waals surface area contributed by atoms with E-state index in [0.29, 0.717) is 0 Å².